The Hall–Kier alpha value is -1.09. The van der Waals surface area contributed by atoms with Gasteiger partial charge < -0.3 is 5.32 Å². The highest BCUT2D eigenvalue weighted by Crippen LogP contribution is 2.37. The maximum Gasteiger partial charge on any atom is 0.254 e. The molecule has 0 aliphatic heterocycles. The normalized spacial score (nSPS) is 23.4. The highest BCUT2D eigenvalue weighted by molar-refractivity contribution is 6.32. The number of amides is 1. The maximum absolute atomic E-state index is 12.2. The molecule has 0 atom stereocenters. The molecular weight excluding hydrogens is 272 g/mol. The molecule has 0 bridgehead atoms. The van der Waals surface area contributed by atoms with Crippen LogP contribution in [-0.4, -0.2) is 16.9 Å². The van der Waals surface area contributed by atoms with Crippen LogP contribution in [-0.2, 0) is 0 Å². The standard InChI is InChI=1S/C16H23ClN2O/c1-16(2,3)11-6-8-12(9-7-11)19-15(20)13-5-4-10-18-14(13)17/h4-5,10-12H,6-9H2,1-3H3,(H,19,20)/t11-,12+. The molecule has 1 aromatic rings. The van der Waals surface area contributed by atoms with E-state index in [1.165, 1.54) is 12.8 Å². The van der Waals surface area contributed by atoms with E-state index in [1.807, 2.05) is 0 Å². The minimum absolute atomic E-state index is 0.109. The molecule has 1 saturated carbocycles. The number of rotatable bonds is 2. The molecule has 3 nitrogen and oxygen atoms in total. The SMILES string of the molecule is CC(C)(C)[C@H]1CC[C@@H](NC(=O)c2cccnc2Cl)CC1. The number of carbonyl (C=O) groups excluding carboxylic acids is 1. The molecule has 1 amide bonds. The van der Waals surface area contributed by atoms with Gasteiger partial charge in [-0.15, -0.1) is 0 Å². The third kappa shape index (κ3) is 3.72. The molecule has 20 heavy (non-hydrogen) atoms. The van der Waals surface area contributed by atoms with Crippen molar-refractivity contribution >= 4 is 17.5 Å². The largest absolute Gasteiger partial charge is 0.349 e. The molecule has 1 fully saturated rings. The zero-order valence-electron chi connectivity index (χ0n) is 12.4. The Morgan fingerprint density at radius 3 is 2.50 bits per heavy atom. The molecule has 0 unspecified atom stereocenters. The molecule has 1 heterocycles. The van der Waals surface area contributed by atoms with E-state index in [4.69, 9.17) is 11.6 Å². The first-order valence-corrected chi connectivity index (χ1v) is 7.67. The number of aromatic nitrogens is 1. The zero-order chi connectivity index (χ0) is 14.8. The van der Waals surface area contributed by atoms with Crippen molar-refractivity contribution in [3.8, 4) is 0 Å². The summed E-state index contributed by atoms with van der Waals surface area (Å²) in [5.41, 5.74) is 0.828. The number of hydrogen-bond acceptors (Lipinski definition) is 2. The van der Waals surface area contributed by atoms with E-state index < -0.39 is 0 Å². The lowest BCUT2D eigenvalue weighted by Crippen LogP contribution is -2.39. The Morgan fingerprint density at radius 2 is 1.95 bits per heavy atom. The first kappa shape index (κ1) is 15.3. The minimum atomic E-state index is -0.109. The molecule has 0 aromatic carbocycles. The second-order valence-electron chi connectivity index (χ2n) is 6.73. The molecule has 1 aliphatic carbocycles. The van der Waals surface area contributed by atoms with E-state index in [0.29, 0.717) is 11.0 Å². The summed E-state index contributed by atoms with van der Waals surface area (Å²) in [6, 6.07) is 3.71. The Labute approximate surface area is 126 Å². The summed E-state index contributed by atoms with van der Waals surface area (Å²) in [5.74, 6) is 0.639. The van der Waals surface area contributed by atoms with E-state index in [1.54, 1.807) is 18.3 Å². The topological polar surface area (TPSA) is 42.0 Å². The smallest absolute Gasteiger partial charge is 0.254 e. The van der Waals surface area contributed by atoms with Gasteiger partial charge in [-0.25, -0.2) is 4.98 Å². The summed E-state index contributed by atoms with van der Waals surface area (Å²) in [7, 11) is 0. The van der Waals surface area contributed by atoms with Gasteiger partial charge in [0, 0.05) is 12.2 Å². The lowest BCUT2D eigenvalue weighted by Gasteiger charge is -2.37. The Bertz CT molecular complexity index is 474. The van der Waals surface area contributed by atoms with Gasteiger partial charge in [-0.3, -0.25) is 4.79 Å². The summed E-state index contributed by atoms with van der Waals surface area (Å²) in [6.07, 6.45) is 6.04. The van der Waals surface area contributed by atoms with Crippen LogP contribution in [0.25, 0.3) is 0 Å². The van der Waals surface area contributed by atoms with Crippen molar-refractivity contribution in [3.63, 3.8) is 0 Å². The minimum Gasteiger partial charge on any atom is -0.349 e. The number of halogens is 1. The number of pyridine rings is 1. The summed E-state index contributed by atoms with van der Waals surface area (Å²) >= 11 is 5.95. The first-order valence-electron chi connectivity index (χ1n) is 7.29. The Balaban J connectivity index is 1.90. The van der Waals surface area contributed by atoms with Crippen molar-refractivity contribution in [1.29, 1.82) is 0 Å². The van der Waals surface area contributed by atoms with E-state index in [9.17, 15) is 4.79 Å². The van der Waals surface area contributed by atoms with Crippen LogP contribution in [0, 0.1) is 11.3 Å². The van der Waals surface area contributed by atoms with Gasteiger partial charge in [0.25, 0.3) is 5.91 Å². The lowest BCUT2D eigenvalue weighted by molar-refractivity contribution is 0.0904. The fraction of sp³-hybridized carbons (Fsp3) is 0.625. The van der Waals surface area contributed by atoms with Crippen LogP contribution in [0.5, 0.6) is 0 Å². The van der Waals surface area contributed by atoms with Gasteiger partial charge in [-0.1, -0.05) is 32.4 Å². The predicted molar refractivity (Wildman–Crippen MR) is 81.9 cm³/mol. The van der Waals surface area contributed by atoms with Gasteiger partial charge in [-0.05, 0) is 49.1 Å². The van der Waals surface area contributed by atoms with Crippen molar-refractivity contribution in [2.45, 2.75) is 52.5 Å². The Morgan fingerprint density at radius 1 is 1.30 bits per heavy atom. The molecule has 110 valence electrons. The average Bonchev–Trinajstić information content (AvgIpc) is 2.38. The first-order chi connectivity index (χ1) is 9.38. The van der Waals surface area contributed by atoms with Crippen molar-refractivity contribution in [2.75, 3.05) is 0 Å². The third-order valence-electron chi connectivity index (χ3n) is 4.29. The van der Waals surface area contributed by atoms with E-state index in [2.05, 4.69) is 31.1 Å². The van der Waals surface area contributed by atoms with E-state index in [0.717, 1.165) is 18.8 Å². The molecular formula is C16H23ClN2O. The summed E-state index contributed by atoms with van der Waals surface area (Å²) < 4.78 is 0. The van der Waals surface area contributed by atoms with Crippen LogP contribution in [0.15, 0.2) is 18.3 Å². The summed E-state index contributed by atoms with van der Waals surface area (Å²) in [6.45, 7) is 6.89. The van der Waals surface area contributed by atoms with Crippen molar-refractivity contribution in [1.82, 2.24) is 10.3 Å². The molecule has 0 spiro atoms. The van der Waals surface area contributed by atoms with E-state index in [-0.39, 0.29) is 17.1 Å². The molecule has 2 rings (SSSR count). The summed E-state index contributed by atoms with van der Waals surface area (Å²) in [5, 5.41) is 3.36. The van der Waals surface area contributed by atoms with Crippen LogP contribution >= 0.6 is 11.6 Å². The van der Waals surface area contributed by atoms with Crippen molar-refractivity contribution in [2.24, 2.45) is 11.3 Å². The number of nitrogens with zero attached hydrogens (tertiary/aromatic N) is 1. The predicted octanol–water partition coefficient (Wildman–Crippen LogP) is 4.07. The molecule has 1 aliphatic rings. The van der Waals surface area contributed by atoms with Gasteiger partial charge in [0.2, 0.25) is 0 Å². The van der Waals surface area contributed by atoms with Crippen LogP contribution in [0.2, 0.25) is 5.15 Å². The van der Waals surface area contributed by atoms with Gasteiger partial charge in [0.1, 0.15) is 5.15 Å². The van der Waals surface area contributed by atoms with Gasteiger partial charge >= 0.3 is 0 Å². The lowest BCUT2D eigenvalue weighted by atomic mass is 9.71. The van der Waals surface area contributed by atoms with Crippen LogP contribution in [0.1, 0.15) is 56.8 Å². The maximum atomic E-state index is 12.2. The number of carbonyl (C=O) groups is 1. The Kier molecular flexibility index (Phi) is 4.69. The summed E-state index contributed by atoms with van der Waals surface area (Å²) in [4.78, 5) is 16.1. The van der Waals surface area contributed by atoms with Crippen LogP contribution < -0.4 is 5.32 Å². The molecule has 0 saturated heterocycles. The molecule has 4 heteroatoms. The second-order valence-corrected chi connectivity index (χ2v) is 7.09. The third-order valence-corrected chi connectivity index (χ3v) is 4.59. The quantitative estimate of drug-likeness (QED) is 0.836. The highest BCUT2D eigenvalue weighted by atomic mass is 35.5. The van der Waals surface area contributed by atoms with Gasteiger partial charge in [0.15, 0.2) is 0 Å². The fourth-order valence-corrected chi connectivity index (χ4v) is 3.13. The monoisotopic (exact) mass is 294 g/mol. The fourth-order valence-electron chi connectivity index (χ4n) is 2.92. The van der Waals surface area contributed by atoms with Crippen molar-refractivity contribution in [3.05, 3.63) is 29.0 Å². The molecule has 0 radical (unpaired) electrons. The number of nitrogens with one attached hydrogen (secondary N) is 1. The second kappa shape index (κ2) is 6.13. The highest BCUT2D eigenvalue weighted by Gasteiger charge is 2.30. The molecule has 1 N–H and O–H groups in total. The van der Waals surface area contributed by atoms with Crippen LogP contribution in [0.4, 0.5) is 0 Å². The average molecular weight is 295 g/mol. The van der Waals surface area contributed by atoms with Crippen molar-refractivity contribution < 1.29 is 4.79 Å². The zero-order valence-corrected chi connectivity index (χ0v) is 13.2. The van der Waals surface area contributed by atoms with Gasteiger partial charge in [0.05, 0.1) is 5.56 Å². The van der Waals surface area contributed by atoms with Gasteiger partial charge in [-0.2, -0.15) is 0 Å². The van der Waals surface area contributed by atoms with E-state index >= 15 is 0 Å². The molecule has 1 aromatic heterocycles. The van der Waals surface area contributed by atoms with Crippen LogP contribution in [0.3, 0.4) is 0 Å². The number of hydrogen-bond donors (Lipinski definition) is 1.